The molecule has 0 radical (unpaired) electrons. The number of rotatable bonds is 4. The van der Waals surface area contributed by atoms with Gasteiger partial charge in [-0.05, 0) is 6.07 Å². The molecular weight excluding hydrogens is 258 g/mol. The Kier molecular flexibility index (Phi) is 4.57. The van der Waals surface area contributed by atoms with Gasteiger partial charge in [0.05, 0.1) is 13.5 Å². The van der Waals surface area contributed by atoms with Gasteiger partial charge in [0, 0.05) is 25.2 Å². The zero-order valence-corrected chi connectivity index (χ0v) is 11.5. The Morgan fingerprint density at radius 2 is 2.20 bits per heavy atom. The lowest BCUT2D eigenvalue weighted by Gasteiger charge is -2.34. The second-order valence-electron chi connectivity index (χ2n) is 4.70. The van der Waals surface area contributed by atoms with Gasteiger partial charge in [-0.2, -0.15) is 0 Å². The van der Waals surface area contributed by atoms with Crippen molar-refractivity contribution in [1.82, 2.24) is 10.2 Å². The molecule has 0 aliphatic carbocycles. The van der Waals surface area contributed by atoms with Crippen molar-refractivity contribution in [3.63, 3.8) is 0 Å². The van der Waals surface area contributed by atoms with Crippen LogP contribution in [0.15, 0.2) is 24.3 Å². The first-order valence-electron chi connectivity index (χ1n) is 6.55. The molecule has 1 saturated heterocycles. The highest BCUT2D eigenvalue weighted by molar-refractivity contribution is 5.88. The van der Waals surface area contributed by atoms with E-state index in [4.69, 9.17) is 10.5 Å². The fraction of sp³-hybridized carbons (Fsp3) is 0.429. The number of primary amides is 1. The minimum absolute atomic E-state index is 0.111. The van der Waals surface area contributed by atoms with Crippen LogP contribution in [0.1, 0.15) is 5.56 Å². The van der Waals surface area contributed by atoms with Gasteiger partial charge in [0.1, 0.15) is 11.8 Å². The molecule has 1 fully saturated rings. The van der Waals surface area contributed by atoms with Crippen molar-refractivity contribution >= 4 is 11.8 Å². The average Bonchev–Trinajstić information content (AvgIpc) is 2.47. The Balaban J connectivity index is 2.12. The second-order valence-corrected chi connectivity index (χ2v) is 4.70. The normalized spacial score (nSPS) is 18.6. The van der Waals surface area contributed by atoms with Crippen molar-refractivity contribution in [2.24, 2.45) is 5.73 Å². The number of nitrogens with one attached hydrogen (secondary N) is 1. The monoisotopic (exact) mass is 277 g/mol. The van der Waals surface area contributed by atoms with E-state index in [-0.39, 0.29) is 12.3 Å². The fourth-order valence-corrected chi connectivity index (χ4v) is 2.37. The molecule has 6 nitrogen and oxygen atoms in total. The van der Waals surface area contributed by atoms with Gasteiger partial charge in [-0.3, -0.25) is 9.59 Å². The maximum Gasteiger partial charge on any atom is 0.241 e. The highest BCUT2D eigenvalue weighted by Gasteiger charge is 2.30. The number of piperazine rings is 1. The maximum absolute atomic E-state index is 12.4. The van der Waals surface area contributed by atoms with Crippen molar-refractivity contribution < 1.29 is 14.3 Å². The summed E-state index contributed by atoms with van der Waals surface area (Å²) in [5.41, 5.74) is 6.15. The molecule has 1 aromatic rings. The first-order valence-corrected chi connectivity index (χ1v) is 6.55. The first kappa shape index (κ1) is 14.3. The Bertz CT molecular complexity index is 504. The van der Waals surface area contributed by atoms with Gasteiger partial charge < -0.3 is 20.7 Å². The molecule has 0 saturated carbocycles. The fourth-order valence-electron chi connectivity index (χ4n) is 2.37. The van der Waals surface area contributed by atoms with Crippen LogP contribution in [0.3, 0.4) is 0 Å². The summed E-state index contributed by atoms with van der Waals surface area (Å²) in [6.45, 7) is 1.57. The number of benzene rings is 1. The van der Waals surface area contributed by atoms with Crippen molar-refractivity contribution in [2.45, 2.75) is 12.5 Å². The zero-order chi connectivity index (χ0) is 14.5. The Morgan fingerprint density at radius 3 is 2.90 bits per heavy atom. The molecule has 1 aromatic carbocycles. The third-order valence-corrected chi connectivity index (χ3v) is 3.43. The van der Waals surface area contributed by atoms with Crippen LogP contribution in [0, 0.1) is 0 Å². The standard InChI is InChI=1S/C14H19N3O3/c1-20-12-5-3-2-4-10(12)8-13(18)17-7-6-16-9-11(17)14(15)19/h2-5,11,16H,6-9H2,1H3,(H2,15,19)/t11-/m0/s1. The van der Waals surface area contributed by atoms with E-state index in [2.05, 4.69) is 5.32 Å². The quantitative estimate of drug-likeness (QED) is 0.779. The number of nitrogens with two attached hydrogens (primary N) is 1. The van der Waals surface area contributed by atoms with Crippen LogP contribution in [0.25, 0.3) is 0 Å². The summed E-state index contributed by atoms with van der Waals surface area (Å²) >= 11 is 0. The smallest absolute Gasteiger partial charge is 0.241 e. The number of carbonyl (C=O) groups is 2. The number of nitrogens with zero attached hydrogens (tertiary/aromatic N) is 1. The van der Waals surface area contributed by atoms with Gasteiger partial charge in [0.15, 0.2) is 0 Å². The summed E-state index contributed by atoms with van der Waals surface area (Å²) in [6, 6.07) is 6.79. The molecule has 2 rings (SSSR count). The number of ether oxygens (including phenoxy) is 1. The molecule has 1 aliphatic heterocycles. The number of hydrogen-bond donors (Lipinski definition) is 2. The van der Waals surface area contributed by atoms with E-state index in [1.165, 1.54) is 0 Å². The van der Waals surface area contributed by atoms with Gasteiger partial charge in [0.2, 0.25) is 11.8 Å². The van der Waals surface area contributed by atoms with E-state index in [1.807, 2.05) is 24.3 Å². The summed E-state index contributed by atoms with van der Waals surface area (Å²) in [7, 11) is 1.57. The molecule has 0 spiro atoms. The molecule has 108 valence electrons. The molecule has 2 amide bonds. The van der Waals surface area contributed by atoms with Crippen molar-refractivity contribution in [1.29, 1.82) is 0 Å². The van der Waals surface area contributed by atoms with Gasteiger partial charge in [-0.25, -0.2) is 0 Å². The molecule has 1 aliphatic rings. The van der Waals surface area contributed by atoms with Gasteiger partial charge in [-0.1, -0.05) is 18.2 Å². The maximum atomic E-state index is 12.4. The summed E-state index contributed by atoms with van der Waals surface area (Å²) in [5, 5.41) is 3.07. The van der Waals surface area contributed by atoms with E-state index in [0.29, 0.717) is 25.4 Å². The largest absolute Gasteiger partial charge is 0.496 e. The molecule has 1 atom stereocenters. The van der Waals surface area contributed by atoms with Gasteiger partial charge in [-0.15, -0.1) is 0 Å². The Labute approximate surface area is 117 Å². The average molecular weight is 277 g/mol. The van der Waals surface area contributed by atoms with Crippen LogP contribution < -0.4 is 15.8 Å². The lowest BCUT2D eigenvalue weighted by molar-refractivity contribution is -0.139. The van der Waals surface area contributed by atoms with E-state index in [1.54, 1.807) is 12.0 Å². The highest BCUT2D eigenvalue weighted by Crippen LogP contribution is 2.19. The summed E-state index contributed by atoms with van der Waals surface area (Å²) in [6.07, 6.45) is 0.202. The van der Waals surface area contributed by atoms with Crippen LogP contribution in [0.2, 0.25) is 0 Å². The molecule has 3 N–H and O–H groups in total. The third-order valence-electron chi connectivity index (χ3n) is 3.43. The SMILES string of the molecule is COc1ccccc1CC(=O)N1CCNC[C@H]1C(N)=O. The lowest BCUT2D eigenvalue weighted by Crippen LogP contribution is -2.59. The second kappa shape index (κ2) is 6.38. The topological polar surface area (TPSA) is 84.7 Å². The minimum atomic E-state index is -0.578. The molecule has 0 unspecified atom stereocenters. The molecule has 20 heavy (non-hydrogen) atoms. The van der Waals surface area contributed by atoms with Crippen molar-refractivity contribution in [2.75, 3.05) is 26.7 Å². The molecular formula is C14H19N3O3. The first-order chi connectivity index (χ1) is 9.63. The summed E-state index contributed by atoms with van der Waals surface area (Å²) in [4.78, 5) is 25.3. The van der Waals surface area contributed by atoms with Crippen molar-refractivity contribution in [3.8, 4) is 5.75 Å². The van der Waals surface area contributed by atoms with Crippen LogP contribution in [-0.2, 0) is 16.0 Å². The van der Waals surface area contributed by atoms with Gasteiger partial charge in [0.25, 0.3) is 0 Å². The minimum Gasteiger partial charge on any atom is -0.496 e. The third kappa shape index (κ3) is 3.08. The predicted molar refractivity (Wildman–Crippen MR) is 74.3 cm³/mol. The number of hydrogen-bond acceptors (Lipinski definition) is 4. The van der Waals surface area contributed by atoms with Crippen LogP contribution in [0.4, 0.5) is 0 Å². The summed E-state index contributed by atoms with van der Waals surface area (Å²) in [5.74, 6) is 0.0805. The van der Waals surface area contributed by atoms with Gasteiger partial charge >= 0.3 is 0 Å². The van der Waals surface area contributed by atoms with E-state index in [0.717, 1.165) is 5.56 Å². The lowest BCUT2D eigenvalue weighted by atomic mass is 10.1. The summed E-state index contributed by atoms with van der Waals surface area (Å²) < 4.78 is 5.23. The molecule has 0 aromatic heterocycles. The van der Waals surface area contributed by atoms with Crippen molar-refractivity contribution in [3.05, 3.63) is 29.8 Å². The predicted octanol–water partition coefficient (Wildman–Crippen LogP) is -0.477. The van der Waals surface area contributed by atoms with E-state index >= 15 is 0 Å². The van der Waals surface area contributed by atoms with Crippen LogP contribution in [-0.4, -0.2) is 49.5 Å². The molecule has 6 heteroatoms. The number of carbonyl (C=O) groups excluding carboxylic acids is 2. The highest BCUT2D eigenvalue weighted by atomic mass is 16.5. The zero-order valence-electron chi connectivity index (χ0n) is 11.5. The molecule has 1 heterocycles. The number of para-hydroxylation sites is 1. The Hall–Kier alpha value is -2.08. The van der Waals surface area contributed by atoms with E-state index < -0.39 is 11.9 Å². The van der Waals surface area contributed by atoms with E-state index in [9.17, 15) is 9.59 Å². The van der Waals surface area contributed by atoms with Crippen LogP contribution in [0.5, 0.6) is 5.75 Å². The number of methoxy groups -OCH3 is 1. The Morgan fingerprint density at radius 1 is 1.45 bits per heavy atom. The molecule has 0 bridgehead atoms. The van der Waals surface area contributed by atoms with Crippen LogP contribution >= 0.6 is 0 Å². The number of amides is 2.